The number of anilines is 2. The maximum Gasteiger partial charge on any atom is 0.419 e. The van der Waals surface area contributed by atoms with Gasteiger partial charge in [-0.25, -0.2) is 4.98 Å². The van der Waals surface area contributed by atoms with E-state index in [9.17, 15) is 18.0 Å². The molecular formula is C23H24F3N5O4. The molecular weight excluding hydrogens is 467 g/mol. The van der Waals surface area contributed by atoms with Gasteiger partial charge in [-0.2, -0.15) is 23.1 Å². The van der Waals surface area contributed by atoms with Gasteiger partial charge in [-0.1, -0.05) is 26.0 Å². The summed E-state index contributed by atoms with van der Waals surface area (Å²) in [7, 11) is 0. The molecule has 0 aliphatic carbocycles. The number of morpholine rings is 1. The summed E-state index contributed by atoms with van der Waals surface area (Å²) in [5.74, 6) is 0.267. The number of hydrogen-bond acceptors (Lipinski definition) is 8. The number of rotatable bonds is 1. The van der Waals surface area contributed by atoms with Crippen molar-refractivity contribution in [2.45, 2.75) is 26.6 Å². The Hall–Kier alpha value is -3.67. The van der Waals surface area contributed by atoms with Gasteiger partial charge in [0.15, 0.2) is 0 Å². The summed E-state index contributed by atoms with van der Waals surface area (Å²) in [5.41, 5.74) is -0.0879. The lowest BCUT2D eigenvalue weighted by molar-refractivity contribution is -0.139. The molecule has 2 bridgehead atoms. The molecule has 186 valence electrons. The van der Waals surface area contributed by atoms with Crippen LogP contribution >= 0.6 is 0 Å². The van der Waals surface area contributed by atoms with Crippen LogP contribution in [0.3, 0.4) is 0 Å². The van der Waals surface area contributed by atoms with Gasteiger partial charge in [0.2, 0.25) is 0 Å². The molecule has 0 unspecified atom stereocenters. The summed E-state index contributed by atoms with van der Waals surface area (Å²) in [4.78, 5) is 26.7. The summed E-state index contributed by atoms with van der Waals surface area (Å²) in [6, 6.07) is 5.56. The number of amides is 1. The lowest BCUT2D eigenvalue weighted by Gasteiger charge is -2.26. The van der Waals surface area contributed by atoms with Crippen molar-refractivity contribution in [3.8, 4) is 11.8 Å². The Morgan fingerprint density at radius 1 is 1.09 bits per heavy atom. The van der Waals surface area contributed by atoms with Gasteiger partial charge in [-0.15, -0.1) is 0 Å². The molecule has 3 aromatic rings. The minimum atomic E-state index is -4.57. The second kappa shape index (κ2) is 10.3. The zero-order valence-corrected chi connectivity index (χ0v) is 19.2. The molecule has 1 saturated heterocycles. The van der Waals surface area contributed by atoms with Crippen LogP contribution in [0.25, 0.3) is 10.9 Å². The Morgan fingerprint density at radius 2 is 1.89 bits per heavy atom. The second-order valence-corrected chi connectivity index (χ2v) is 7.35. The maximum absolute atomic E-state index is 13.5. The van der Waals surface area contributed by atoms with E-state index in [2.05, 4.69) is 20.3 Å². The predicted octanol–water partition coefficient (Wildman–Crippen LogP) is 3.82. The van der Waals surface area contributed by atoms with Gasteiger partial charge in [0.1, 0.15) is 37.2 Å². The van der Waals surface area contributed by atoms with E-state index in [-0.39, 0.29) is 44.0 Å². The first-order valence-electron chi connectivity index (χ1n) is 11.1. The van der Waals surface area contributed by atoms with Crippen LogP contribution in [0, 0.1) is 0 Å². The summed E-state index contributed by atoms with van der Waals surface area (Å²) >= 11 is 0. The highest BCUT2D eigenvalue weighted by Gasteiger charge is 2.35. The van der Waals surface area contributed by atoms with Gasteiger partial charge in [0.25, 0.3) is 5.91 Å². The number of pyridine rings is 1. The Bertz CT molecular complexity index is 1220. The minimum Gasteiger partial charge on any atom is -0.489 e. The summed E-state index contributed by atoms with van der Waals surface area (Å²) in [6.45, 7) is 4.55. The van der Waals surface area contributed by atoms with E-state index < -0.39 is 11.7 Å². The molecule has 1 aromatic carbocycles. The number of ether oxygens (including phenoxy) is 3. The van der Waals surface area contributed by atoms with Gasteiger partial charge in [-0.3, -0.25) is 9.69 Å². The third kappa shape index (κ3) is 5.21. The largest absolute Gasteiger partial charge is 0.489 e. The molecule has 9 nitrogen and oxygen atoms in total. The lowest BCUT2D eigenvalue weighted by Crippen LogP contribution is -2.42. The van der Waals surface area contributed by atoms with Crippen molar-refractivity contribution in [2.24, 2.45) is 0 Å². The number of nitrogens with zero attached hydrogens (tertiary/aromatic N) is 4. The summed E-state index contributed by atoms with van der Waals surface area (Å²) < 4.78 is 56.7. The number of fused-ring (bicyclic) bond motifs is 5. The first-order valence-corrected chi connectivity index (χ1v) is 11.1. The van der Waals surface area contributed by atoms with E-state index in [0.29, 0.717) is 41.3 Å². The fraction of sp³-hybridized carbons (Fsp3) is 0.391. The van der Waals surface area contributed by atoms with E-state index in [0.717, 1.165) is 6.07 Å². The van der Waals surface area contributed by atoms with Crippen LogP contribution in [0.15, 0.2) is 30.5 Å². The quantitative estimate of drug-likeness (QED) is 0.549. The molecule has 2 aliphatic heterocycles. The average molecular weight is 491 g/mol. The van der Waals surface area contributed by atoms with Crippen molar-refractivity contribution < 1.29 is 32.2 Å². The van der Waals surface area contributed by atoms with Crippen molar-refractivity contribution in [2.75, 3.05) is 43.2 Å². The average Bonchev–Trinajstić information content (AvgIpc) is 2.89. The van der Waals surface area contributed by atoms with E-state index in [1.165, 1.54) is 17.2 Å². The van der Waals surface area contributed by atoms with Crippen LogP contribution in [0.2, 0.25) is 0 Å². The van der Waals surface area contributed by atoms with Gasteiger partial charge in [0.05, 0.1) is 30.4 Å². The predicted molar refractivity (Wildman–Crippen MR) is 122 cm³/mol. The third-order valence-electron chi connectivity index (χ3n) is 5.22. The summed E-state index contributed by atoms with van der Waals surface area (Å²) in [6.07, 6.45) is -3.07. The zero-order valence-electron chi connectivity index (χ0n) is 19.2. The standard InChI is InChI=1S/C21H18F3N5O4.C2H6/c22-21(23,24)14-3-1-2-12-9-26-19-13-8-16(29-4-5-31-11-17(29)30)25-10-15(13)27-20(28-19)33-7-6-32-18(12)14;1-2/h1-3,8,10H,4-7,9,11H2,(H,26,27,28);1-2H3. The van der Waals surface area contributed by atoms with Crippen LogP contribution in [0.1, 0.15) is 25.0 Å². The number of aromatic nitrogens is 3. The fourth-order valence-corrected chi connectivity index (χ4v) is 3.68. The Kier molecular flexibility index (Phi) is 7.20. The molecule has 0 radical (unpaired) electrons. The Morgan fingerprint density at radius 3 is 2.66 bits per heavy atom. The second-order valence-electron chi connectivity index (χ2n) is 7.35. The van der Waals surface area contributed by atoms with Crippen molar-refractivity contribution in [1.29, 1.82) is 0 Å². The monoisotopic (exact) mass is 491 g/mol. The normalized spacial score (nSPS) is 16.0. The highest BCUT2D eigenvalue weighted by molar-refractivity contribution is 5.97. The van der Waals surface area contributed by atoms with Crippen molar-refractivity contribution in [3.05, 3.63) is 41.6 Å². The van der Waals surface area contributed by atoms with E-state index in [1.54, 1.807) is 12.1 Å². The van der Waals surface area contributed by atoms with Crippen LogP contribution in [0.5, 0.6) is 11.8 Å². The molecule has 12 heteroatoms. The van der Waals surface area contributed by atoms with Crippen LogP contribution < -0.4 is 19.7 Å². The van der Waals surface area contributed by atoms with Gasteiger partial charge in [0, 0.05) is 17.5 Å². The molecule has 0 spiro atoms. The van der Waals surface area contributed by atoms with E-state index in [4.69, 9.17) is 14.2 Å². The third-order valence-corrected chi connectivity index (χ3v) is 5.22. The Labute approximate surface area is 199 Å². The van der Waals surface area contributed by atoms with Crippen molar-refractivity contribution in [1.82, 2.24) is 15.0 Å². The van der Waals surface area contributed by atoms with Crippen LogP contribution in [0.4, 0.5) is 24.8 Å². The molecule has 0 atom stereocenters. The van der Waals surface area contributed by atoms with Gasteiger partial charge < -0.3 is 19.5 Å². The van der Waals surface area contributed by atoms with Crippen LogP contribution in [-0.4, -0.2) is 53.8 Å². The molecule has 1 fully saturated rings. The molecule has 5 rings (SSSR count). The van der Waals surface area contributed by atoms with Gasteiger partial charge >= 0.3 is 12.2 Å². The zero-order chi connectivity index (χ0) is 25.0. The Balaban J connectivity index is 0.00000141. The molecule has 0 saturated carbocycles. The smallest absolute Gasteiger partial charge is 0.419 e. The molecule has 1 amide bonds. The molecule has 4 heterocycles. The molecule has 35 heavy (non-hydrogen) atoms. The van der Waals surface area contributed by atoms with Crippen LogP contribution in [-0.2, 0) is 22.3 Å². The number of alkyl halides is 3. The number of para-hydroxylation sites is 1. The number of hydrogen-bond donors (Lipinski definition) is 1. The van der Waals surface area contributed by atoms with Gasteiger partial charge in [-0.05, 0) is 12.1 Å². The number of nitrogens with one attached hydrogen (secondary N) is 1. The number of benzene rings is 1. The SMILES string of the molecule is CC.O=C1COCCN1c1cc2c3nc(nc2cn1)OCCOc1c(cccc1C(F)(F)F)CN3. The fourth-order valence-electron chi connectivity index (χ4n) is 3.68. The minimum absolute atomic E-state index is 0.0128. The first kappa shape index (κ1) is 24.5. The molecule has 1 N–H and O–H groups in total. The van der Waals surface area contributed by atoms with Crippen molar-refractivity contribution >= 4 is 28.4 Å². The molecule has 2 aromatic heterocycles. The number of carbonyl (C=O) groups is 1. The maximum atomic E-state index is 13.5. The van der Waals surface area contributed by atoms with E-state index >= 15 is 0 Å². The highest BCUT2D eigenvalue weighted by Crippen LogP contribution is 2.39. The van der Waals surface area contributed by atoms with Crippen molar-refractivity contribution in [3.63, 3.8) is 0 Å². The lowest BCUT2D eigenvalue weighted by atomic mass is 10.1. The summed E-state index contributed by atoms with van der Waals surface area (Å²) in [5, 5.41) is 3.61. The van der Waals surface area contributed by atoms with E-state index in [1.807, 2.05) is 13.8 Å². The first-order chi connectivity index (χ1) is 16.9. The number of carbonyl (C=O) groups excluding carboxylic acids is 1. The topological polar surface area (TPSA) is 98.7 Å². The molecule has 2 aliphatic rings. The number of halogens is 3. The highest BCUT2D eigenvalue weighted by atomic mass is 19.4.